The van der Waals surface area contributed by atoms with Gasteiger partial charge in [0.15, 0.2) is 5.11 Å². The Morgan fingerprint density at radius 1 is 1.00 bits per heavy atom. The van der Waals surface area contributed by atoms with Crippen molar-refractivity contribution in [2.75, 3.05) is 12.4 Å². The summed E-state index contributed by atoms with van der Waals surface area (Å²) >= 11 is 5.35. The van der Waals surface area contributed by atoms with E-state index in [2.05, 4.69) is 46.8 Å². The fraction of sp³-hybridized carbons (Fsp3) is 0.200. The monoisotopic (exact) mass is 459 g/mol. The highest BCUT2D eigenvalue weighted by Crippen LogP contribution is 2.23. The number of methoxy groups -OCH3 is 1. The lowest BCUT2D eigenvalue weighted by atomic mass is 10.0. The zero-order chi connectivity index (χ0) is 23.5. The van der Waals surface area contributed by atoms with Crippen LogP contribution in [0.15, 0.2) is 60.7 Å². The first kappa shape index (κ1) is 22.4. The summed E-state index contributed by atoms with van der Waals surface area (Å²) in [6, 6.07) is 18.9. The van der Waals surface area contributed by atoms with Crippen LogP contribution in [-0.2, 0) is 0 Å². The number of amides is 1. The van der Waals surface area contributed by atoms with Gasteiger partial charge in [-0.2, -0.15) is 4.80 Å². The lowest BCUT2D eigenvalue weighted by molar-refractivity contribution is 0.0977. The van der Waals surface area contributed by atoms with Gasteiger partial charge >= 0.3 is 0 Å². The van der Waals surface area contributed by atoms with E-state index >= 15 is 0 Å². The number of nitrogens with one attached hydrogen (secondary N) is 2. The highest BCUT2D eigenvalue weighted by atomic mass is 32.1. The molecule has 7 nitrogen and oxygen atoms in total. The molecule has 0 bridgehead atoms. The van der Waals surface area contributed by atoms with Gasteiger partial charge in [-0.25, -0.2) is 0 Å². The number of aryl methyl sites for hydroxylation is 1. The maximum Gasteiger partial charge on any atom is 0.257 e. The molecule has 0 atom stereocenters. The van der Waals surface area contributed by atoms with Crippen LogP contribution in [0.5, 0.6) is 5.75 Å². The molecular weight excluding hydrogens is 434 g/mol. The minimum Gasteiger partial charge on any atom is -0.497 e. The van der Waals surface area contributed by atoms with Gasteiger partial charge in [-0.3, -0.25) is 10.1 Å². The largest absolute Gasteiger partial charge is 0.497 e. The van der Waals surface area contributed by atoms with Gasteiger partial charge < -0.3 is 10.1 Å². The minimum absolute atomic E-state index is 0.204. The molecule has 0 aliphatic heterocycles. The predicted octanol–water partition coefficient (Wildman–Crippen LogP) is 4.99. The summed E-state index contributed by atoms with van der Waals surface area (Å²) in [6.07, 6.45) is 0. The van der Waals surface area contributed by atoms with E-state index in [1.54, 1.807) is 36.2 Å². The molecule has 1 aromatic heterocycles. The normalized spacial score (nSPS) is 10.9. The van der Waals surface area contributed by atoms with Crippen LogP contribution in [0.25, 0.3) is 16.7 Å². The third kappa shape index (κ3) is 5.01. The number of carbonyl (C=O) groups excluding carboxylic acids is 1. The number of fused-ring (bicyclic) bond motifs is 1. The molecule has 0 saturated heterocycles. The number of rotatable bonds is 5. The molecule has 4 rings (SSSR count). The molecule has 0 fully saturated rings. The number of ether oxygens (including phenoxy) is 1. The molecule has 0 spiro atoms. The van der Waals surface area contributed by atoms with Crippen LogP contribution in [0.1, 0.15) is 41.3 Å². The van der Waals surface area contributed by atoms with E-state index in [0.717, 1.165) is 28.0 Å². The first-order valence-corrected chi connectivity index (χ1v) is 11.0. The third-order valence-electron chi connectivity index (χ3n) is 5.34. The van der Waals surface area contributed by atoms with Gasteiger partial charge in [0.2, 0.25) is 0 Å². The number of benzene rings is 3. The van der Waals surface area contributed by atoms with Crippen LogP contribution in [0.4, 0.5) is 5.69 Å². The van der Waals surface area contributed by atoms with Crippen molar-refractivity contribution in [3.8, 4) is 11.4 Å². The molecule has 0 aliphatic rings. The molecule has 0 unspecified atom stereocenters. The molecule has 168 valence electrons. The molecule has 1 heterocycles. The summed E-state index contributed by atoms with van der Waals surface area (Å²) in [7, 11) is 1.58. The molecule has 33 heavy (non-hydrogen) atoms. The Kier molecular flexibility index (Phi) is 6.37. The SMILES string of the molecule is COc1ccc(C(=O)NC(=S)Nc2cc3nn(-c4ccc(C(C)C)cc4)nc3cc2C)cc1. The van der Waals surface area contributed by atoms with Gasteiger partial charge in [-0.15, -0.1) is 10.2 Å². The highest BCUT2D eigenvalue weighted by molar-refractivity contribution is 7.80. The van der Waals surface area contributed by atoms with E-state index in [-0.39, 0.29) is 11.0 Å². The topological polar surface area (TPSA) is 81.1 Å². The summed E-state index contributed by atoms with van der Waals surface area (Å²) in [5.41, 5.74) is 5.83. The summed E-state index contributed by atoms with van der Waals surface area (Å²) < 4.78 is 5.12. The molecule has 0 aliphatic carbocycles. The third-order valence-corrected chi connectivity index (χ3v) is 5.55. The van der Waals surface area contributed by atoms with Gasteiger partial charge in [0, 0.05) is 11.3 Å². The van der Waals surface area contributed by atoms with Crippen molar-refractivity contribution < 1.29 is 9.53 Å². The second-order valence-corrected chi connectivity index (χ2v) is 8.44. The first-order valence-electron chi connectivity index (χ1n) is 10.6. The average molecular weight is 460 g/mol. The van der Waals surface area contributed by atoms with Crippen LogP contribution < -0.4 is 15.4 Å². The number of hydrogen-bond donors (Lipinski definition) is 2. The van der Waals surface area contributed by atoms with E-state index in [9.17, 15) is 4.79 Å². The van der Waals surface area contributed by atoms with Gasteiger partial charge in [-0.1, -0.05) is 26.0 Å². The van der Waals surface area contributed by atoms with Gasteiger partial charge in [0.25, 0.3) is 5.91 Å². The van der Waals surface area contributed by atoms with Crippen LogP contribution in [0.2, 0.25) is 0 Å². The number of hydrogen-bond acceptors (Lipinski definition) is 5. The number of thiocarbonyl (C=S) groups is 1. The molecule has 0 saturated carbocycles. The van der Waals surface area contributed by atoms with Crippen molar-refractivity contribution in [3.63, 3.8) is 0 Å². The molecular formula is C25H25N5O2S. The number of nitrogens with zero attached hydrogens (tertiary/aromatic N) is 3. The van der Waals surface area contributed by atoms with E-state index in [4.69, 9.17) is 17.0 Å². The van der Waals surface area contributed by atoms with Crippen molar-refractivity contribution in [2.24, 2.45) is 0 Å². The standard InChI is InChI=1S/C25H25N5O2S/c1-15(2)17-5-9-19(10-6-17)30-28-22-13-16(3)21(14-23(22)29-30)26-25(33)27-24(31)18-7-11-20(32-4)12-8-18/h5-15H,1-4H3,(H2,26,27,31,33). The smallest absolute Gasteiger partial charge is 0.257 e. The zero-order valence-electron chi connectivity index (χ0n) is 18.9. The Labute approximate surface area is 197 Å². The Bertz CT molecular complexity index is 1310. The van der Waals surface area contributed by atoms with E-state index in [1.165, 1.54) is 5.56 Å². The summed E-state index contributed by atoms with van der Waals surface area (Å²) in [5.74, 6) is 0.846. The van der Waals surface area contributed by atoms with Crippen molar-refractivity contribution in [2.45, 2.75) is 26.7 Å². The fourth-order valence-corrected chi connectivity index (χ4v) is 3.58. The maximum atomic E-state index is 12.5. The van der Waals surface area contributed by atoms with Crippen LogP contribution >= 0.6 is 12.2 Å². The molecule has 1 amide bonds. The lowest BCUT2D eigenvalue weighted by Gasteiger charge is -2.12. The average Bonchev–Trinajstić information content (AvgIpc) is 3.22. The Morgan fingerprint density at radius 3 is 2.24 bits per heavy atom. The molecule has 8 heteroatoms. The number of anilines is 1. The van der Waals surface area contributed by atoms with Crippen molar-refractivity contribution >= 4 is 40.0 Å². The summed E-state index contributed by atoms with van der Waals surface area (Å²) in [6.45, 7) is 6.28. The van der Waals surface area contributed by atoms with Gasteiger partial charge in [0.05, 0.1) is 12.8 Å². The van der Waals surface area contributed by atoms with Gasteiger partial charge in [-0.05, 0) is 84.7 Å². The lowest BCUT2D eigenvalue weighted by Crippen LogP contribution is -2.34. The van der Waals surface area contributed by atoms with Crippen molar-refractivity contribution in [1.82, 2.24) is 20.3 Å². The quantitative estimate of drug-likeness (QED) is 0.409. The Morgan fingerprint density at radius 2 is 1.64 bits per heavy atom. The minimum atomic E-state index is -0.301. The first-order chi connectivity index (χ1) is 15.8. The second-order valence-electron chi connectivity index (χ2n) is 8.03. The number of carbonyl (C=O) groups is 1. The van der Waals surface area contributed by atoms with Crippen molar-refractivity contribution in [1.29, 1.82) is 0 Å². The van der Waals surface area contributed by atoms with E-state index < -0.39 is 0 Å². The number of aromatic nitrogens is 3. The molecule has 4 aromatic rings. The van der Waals surface area contributed by atoms with Crippen molar-refractivity contribution in [3.05, 3.63) is 77.4 Å². The highest BCUT2D eigenvalue weighted by Gasteiger charge is 2.12. The molecule has 3 aromatic carbocycles. The van der Waals surface area contributed by atoms with E-state index in [1.807, 2.05) is 31.2 Å². The Hall–Kier alpha value is -3.78. The van der Waals surface area contributed by atoms with Crippen LogP contribution in [0.3, 0.4) is 0 Å². The Balaban J connectivity index is 1.50. The van der Waals surface area contributed by atoms with Gasteiger partial charge in [0.1, 0.15) is 16.8 Å². The van der Waals surface area contributed by atoms with Crippen LogP contribution in [-0.4, -0.2) is 33.1 Å². The second kappa shape index (κ2) is 9.38. The summed E-state index contributed by atoms with van der Waals surface area (Å²) in [4.78, 5) is 14.1. The van der Waals surface area contributed by atoms with Crippen LogP contribution in [0, 0.1) is 6.92 Å². The summed E-state index contributed by atoms with van der Waals surface area (Å²) in [5, 5.41) is 15.2. The predicted molar refractivity (Wildman–Crippen MR) is 134 cm³/mol. The molecule has 0 radical (unpaired) electrons. The zero-order valence-corrected chi connectivity index (χ0v) is 19.7. The maximum absolute atomic E-state index is 12.5. The van der Waals surface area contributed by atoms with E-state index in [0.29, 0.717) is 17.2 Å². The molecule has 2 N–H and O–H groups in total. The fourth-order valence-electron chi connectivity index (χ4n) is 3.38.